The highest BCUT2D eigenvalue weighted by molar-refractivity contribution is 7.27. The first-order chi connectivity index (χ1) is 10.3. The molecule has 1 N–H and O–H groups in total. The molecule has 1 unspecified atom stereocenters. The summed E-state index contributed by atoms with van der Waals surface area (Å²) in [6, 6.07) is 11.8. The fourth-order valence-electron chi connectivity index (χ4n) is 2.83. The van der Waals surface area contributed by atoms with E-state index in [-0.39, 0.29) is 0 Å². The second-order valence-electron chi connectivity index (χ2n) is 5.26. The average molecular weight is 316 g/mol. The van der Waals surface area contributed by atoms with Crippen molar-refractivity contribution in [2.75, 3.05) is 7.05 Å². The fourth-order valence-corrected chi connectivity index (χ4v) is 5.08. The largest absolute Gasteiger partial charge is 0.309 e. The van der Waals surface area contributed by atoms with Crippen LogP contribution in [0.5, 0.6) is 0 Å². The highest BCUT2D eigenvalue weighted by Gasteiger charge is 2.18. The van der Waals surface area contributed by atoms with E-state index in [2.05, 4.69) is 61.9 Å². The van der Waals surface area contributed by atoms with Crippen LogP contribution < -0.4 is 5.32 Å². The maximum absolute atomic E-state index is 3.53. The summed E-state index contributed by atoms with van der Waals surface area (Å²) >= 11 is 3.74. The Kier molecular flexibility index (Phi) is 4.43. The van der Waals surface area contributed by atoms with Crippen molar-refractivity contribution in [2.45, 2.75) is 32.7 Å². The zero-order chi connectivity index (χ0) is 14.8. The van der Waals surface area contributed by atoms with Crippen molar-refractivity contribution in [1.82, 2.24) is 5.32 Å². The molecule has 3 heteroatoms. The van der Waals surface area contributed by atoms with Crippen molar-refractivity contribution in [2.24, 2.45) is 0 Å². The topological polar surface area (TPSA) is 12.0 Å². The zero-order valence-electron chi connectivity index (χ0n) is 12.8. The van der Waals surface area contributed by atoms with Crippen molar-refractivity contribution >= 4 is 32.1 Å². The van der Waals surface area contributed by atoms with E-state index >= 15 is 0 Å². The van der Waals surface area contributed by atoms with Gasteiger partial charge in [-0.3, -0.25) is 0 Å². The molecular weight excluding hydrogens is 294 g/mol. The van der Waals surface area contributed by atoms with Crippen LogP contribution in [0.25, 0.3) is 9.40 Å². The van der Waals surface area contributed by atoms with Crippen LogP contribution in [-0.4, -0.2) is 7.05 Å². The molecule has 1 nitrogen and oxygen atoms in total. The number of benzene rings is 1. The highest BCUT2D eigenvalue weighted by atomic mass is 32.1. The van der Waals surface area contributed by atoms with E-state index in [1.807, 2.05) is 22.7 Å². The summed E-state index contributed by atoms with van der Waals surface area (Å²) in [5.41, 5.74) is 4.30. The van der Waals surface area contributed by atoms with Crippen LogP contribution in [0.1, 0.15) is 41.5 Å². The van der Waals surface area contributed by atoms with E-state index in [1.54, 1.807) is 0 Å². The molecule has 1 aromatic carbocycles. The molecule has 110 valence electrons. The summed E-state index contributed by atoms with van der Waals surface area (Å²) in [6.07, 6.45) is 2.17. The summed E-state index contributed by atoms with van der Waals surface area (Å²) in [4.78, 5) is 1.42. The van der Waals surface area contributed by atoms with E-state index in [0.717, 1.165) is 12.8 Å². The third-order valence-corrected chi connectivity index (χ3v) is 6.20. The first-order valence-corrected chi connectivity index (χ1v) is 9.22. The van der Waals surface area contributed by atoms with Gasteiger partial charge in [0.1, 0.15) is 0 Å². The van der Waals surface area contributed by atoms with Gasteiger partial charge in [0.05, 0.1) is 6.04 Å². The number of nitrogens with one attached hydrogen (secondary N) is 1. The molecular formula is C18H21NS2. The molecule has 1 atom stereocenters. The van der Waals surface area contributed by atoms with Crippen molar-refractivity contribution in [3.05, 3.63) is 57.3 Å². The number of thiophene rings is 2. The van der Waals surface area contributed by atoms with Crippen molar-refractivity contribution in [1.29, 1.82) is 0 Å². The number of aryl methyl sites for hydroxylation is 2. The molecule has 0 spiro atoms. The Morgan fingerprint density at radius 3 is 2.57 bits per heavy atom. The van der Waals surface area contributed by atoms with Gasteiger partial charge in [-0.15, -0.1) is 22.7 Å². The Hall–Kier alpha value is -1.16. The minimum atomic E-state index is 0.302. The normalized spacial score (nSPS) is 12.9. The third-order valence-electron chi connectivity index (χ3n) is 4.04. The van der Waals surface area contributed by atoms with Gasteiger partial charge in [-0.1, -0.05) is 32.0 Å². The first kappa shape index (κ1) is 14.8. The van der Waals surface area contributed by atoms with Gasteiger partial charge in [0.2, 0.25) is 0 Å². The molecule has 0 fully saturated rings. The number of fused-ring (bicyclic) bond motifs is 1. The van der Waals surface area contributed by atoms with Crippen LogP contribution in [0, 0.1) is 0 Å². The minimum absolute atomic E-state index is 0.302. The predicted octanol–water partition coefficient (Wildman–Crippen LogP) is 5.40. The molecule has 0 aliphatic rings. The maximum atomic E-state index is 3.53. The van der Waals surface area contributed by atoms with Gasteiger partial charge in [0.25, 0.3) is 0 Å². The standard InChI is InChI=1S/C18H21NS2/c1-4-12-6-7-13(5-2)14(10-12)18(19-3)17-11-16-15(21-17)8-9-20-16/h6-11,18-19H,4-5H2,1-3H3. The SMILES string of the molecule is CCc1ccc(CC)c(C(NC)c2cc3sccc3s2)c1. The molecule has 0 radical (unpaired) electrons. The minimum Gasteiger partial charge on any atom is -0.309 e. The summed E-state index contributed by atoms with van der Waals surface area (Å²) in [5, 5.41) is 5.70. The lowest BCUT2D eigenvalue weighted by atomic mass is 9.94. The maximum Gasteiger partial charge on any atom is 0.0672 e. The van der Waals surface area contributed by atoms with Crippen molar-refractivity contribution in [3.8, 4) is 0 Å². The van der Waals surface area contributed by atoms with Crippen LogP contribution in [0.15, 0.2) is 35.7 Å². The van der Waals surface area contributed by atoms with Crippen molar-refractivity contribution < 1.29 is 0 Å². The quantitative estimate of drug-likeness (QED) is 0.665. The summed E-state index contributed by atoms with van der Waals surface area (Å²) in [6.45, 7) is 4.46. The second kappa shape index (κ2) is 6.30. The molecule has 21 heavy (non-hydrogen) atoms. The Morgan fingerprint density at radius 1 is 1.05 bits per heavy atom. The second-order valence-corrected chi connectivity index (χ2v) is 7.32. The van der Waals surface area contributed by atoms with Gasteiger partial charge in [0.15, 0.2) is 0 Å². The smallest absolute Gasteiger partial charge is 0.0672 e. The first-order valence-electron chi connectivity index (χ1n) is 7.52. The molecule has 3 aromatic rings. The monoisotopic (exact) mass is 315 g/mol. The lowest BCUT2D eigenvalue weighted by Crippen LogP contribution is -2.18. The van der Waals surface area contributed by atoms with Crippen LogP contribution >= 0.6 is 22.7 Å². The van der Waals surface area contributed by atoms with E-state index in [9.17, 15) is 0 Å². The molecule has 0 aliphatic heterocycles. The van der Waals surface area contributed by atoms with Crippen LogP contribution in [-0.2, 0) is 12.8 Å². The van der Waals surface area contributed by atoms with E-state index in [1.165, 1.54) is 31.0 Å². The third kappa shape index (κ3) is 2.78. The molecule has 0 amide bonds. The van der Waals surface area contributed by atoms with E-state index < -0.39 is 0 Å². The number of hydrogen-bond acceptors (Lipinski definition) is 3. The Morgan fingerprint density at radius 2 is 1.90 bits per heavy atom. The zero-order valence-corrected chi connectivity index (χ0v) is 14.4. The molecule has 2 heterocycles. The summed E-state index contributed by atoms with van der Waals surface area (Å²) in [5.74, 6) is 0. The van der Waals surface area contributed by atoms with Crippen LogP contribution in [0.4, 0.5) is 0 Å². The van der Waals surface area contributed by atoms with E-state index in [4.69, 9.17) is 0 Å². The van der Waals surface area contributed by atoms with Gasteiger partial charge < -0.3 is 5.32 Å². The predicted molar refractivity (Wildman–Crippen MR) is 95.8 cm³/mol. The lowest BCUT2D eigenvalue weighted by molar-refractivity contribution is 0.695. The molecule has 3 rings (SSSR count). The van der Waals surface area contributed by atoms with Crippen LogP contribution in [0.2, 0.25) is 0 Å². The summed E-state index contributed by atoms with van der Waals surface area (Å²) < 4.78 is 2.81. The molecule has 2 aromatic heterocycles. The van der Waals surface area contributed by atoms with E-state index in [0.29, 0.717) is 6.04 Å². The van der Waals surface area contributed by atoms with Gasteiger partial charge in [-0.2, -0.15) is 0 Å². The number of hydrogen-bond donors (Lipinski definition) is 1. The lowest BCUT2D eigenvalue weighted by Gasteiger charge is -2.19. The summed E-state index contributed by atoms with van der Waals surface area (Å²) in [7, 11) is 2.07. The highest BCUT2D eigenvalue weighted by Crippen LogP contribution is 2.37. The molecule has 0 saturated carbocycles. The molecule has 0 saturated heterocycles. The van der Waals surface area contributed by atoms with Gasteiger partial charge in [-0.25, -0.2) is 0 Å². The Labute approximate surface area is 134 Å². The Bertz CT molecular complexity index is 710. The van der Waals surface area contributed by atoms with Crippen LogP contribution in [0.3, 0.4) is 0 Å². The van der Waals surface area contributed by atoms with Crippen molar-refractivity contribution in [3.63, 3.8) is 0 Å². The number of rotatable bonds is 5. The average Bonchev–Trinajstić information content (AvgIpc) is 3.09. The van der Waals surface area contributed by atoms with Gasteiger partial charge >= 0.3 is 0 Å². The van der Waals surface area contributed by atoms with Gasteiger partial charge in [-0.05, 0) is 54.1 Å². The molecule has 0 aliphatic carbocycles. The fraction of sp³-hybridized carbons (Fsp3) is 0.333. The molecule has 0 bridgehead atoms. The van der Waals surface area contributed by atoms with Gasteiger partial charge in [0, 0.05) is 14.3 Å². The Balaban J connectivity index is 2.08.